The third kappa shape index (κ3) is 4.05. The van der Waals surface area contributed by atoms with E-state index in [1.807, 2.05) is 36.5 Å². The Hall–Kier alpha value is -1.92. The Morgan fingerprint density at radius 2 is 2.00 bits per heavy atom. The molecular weight excluding hydrogens is 298 g/mol. The SMILES string of the molecule is CCN(CC)c1ncc(CN[C@@H](C(=O)O)c2ccccc2)s1. The molecule has 0 unspecified atom stereocenters. The number of carboxylic acids is 1. The van der Waals surface area contributed by atoms with Crippen LogP contribution < -0.4 is 10.2 Å². The van der Waals surface area contributed by atoms with E-state index in [-0.39, 0.29) is 0 Å². The number of carbonyl (C=O) groups is 1. The normalized spacial score (nSPS) is 12.1. The van der Waals surface area contributed by atoms with Gasteiger partial charge in [-0.1, -0.05) is 30.3 Å². The molecule has 0 radical (unpaired) electrons. The highest BCUT2D eigenvalue weighted by Crippen LogP contribution is 2.23. The van der Waals surface area contributed by atoms with Crippen LogP contribution in [0.4, 0.5) is 5.13 Å². The van der Waals surface area contributed by atoms with E-state index < -0.39 is 12.0 Å². The second kappa shape index (κ2) is 7.91. The number of thiazole rings is 1. The van der Waals surface area contributed by atoms with E-state index in [2.05, 4.69) is 29.0 Å². The second-order valence-corrected chi connectivity index (χ2v) is 5.94. The summed E-state index contributed by atoms with van der Waals surface area (Å²) in [4.78, 5) is 19.1. The van der Waals surface area contributed by atoms with Gasteiger partial charge in [-0.05, 0) is 19.4 Å². The largest absolute Gasteiger partial charge is 0.480 e. The number of nitrogens with one attached hydrogen (secondary N) is 1. The van der Waals surface area contributed by atoms with Gasteiger partial charge in [0, 0.05) is 30.7 Å². The van der Waals surface area contributed by atoms with Crippen molar-refractivity contribution in [2.24, 2.45) is 0 Å². The molecule has 0 aliphatic rings. The topological polar surface area (TPSA) is 65.5 Å². The van der Waals surface area contributed by atoms with E-state index in [0.29, 0.717) is 6.54 Å². The van der Waals surface area contributed by atoms with E-state index in [1.165, 1.54) is 0 Å². The average molecular weight is 319 g/mol. The number of carboxylic acid groups (broad SMARTS) is 1. The van der Waals surface area contributed by atoms with Crippen LogP contribution in [0.5, 0.6) is 0 Å². The Bertz CT molecular complexity index is 596. The van der Waals surface area contributed by atoms with Gasteiger partial charge in [-0.3, -0.25) is 10.1 Å². The number of anilines is 1. The van der Waals surface area contributed by atoms with Crippen LogP contribution in [0.1, 0.15) is 30.3 Å². The van der Waals surface area contributed by atoms with Crippen molar-refractivity contribution in [1.82, 2.24) is 10.3 Å². The van der Waals surface area contributed by atoms with Gasteiger partial charge in [0.1, 0.15) is 6.04 Å². The van der Waals surface area contributed by atoms with Crippen molar-refractivity contribution in [2.45, 2.75) is 26.4 Å². The fourth-order valence-electron chi connectivity index (χ4n) is 2.22. The standard InChI is InChI=1S/C16H21N3O2S/c1-3-19(4-2)16-18-11-13(22-16)10-17-14(15(20)21)12-8-6-5-7-9-12/h5-9,11,14,17H,3-4,10H2,1-2H3,(H,20,21)/t14-/m1/s1. The second-order valence-electron chi connectivity index (χ2n) is 4.84. The summed E-state index contributed by atoms with van der Waals surface area (Å²) in [7, 11) is 0. The van der Waals surface area contributed by atoms with Gasteiger partial charge >= 0.3 is 5.97 Å². The third-order valence-electron chi connectivity index (χ3n) is 3.44. The van der Waals surface area contributed by atoms with Crippen LogP contribution in [-0.2, 0) is 11.3 Å². The molecule has 0 aliphatic carbocycles. The summed E-state index contributed by atoms with van der Waals surface area (Å²) in [6.45, 7) is 6.51. The summed E-state index contributed by atoms with van der Waals surface area (Å²) in [5.74, 6) is -0.875. The summed E-state index contributed by atoms with van der Waals surface area (Å²) in [6, 6.07) is 8.50. The lowest BCUT2D eigenvalue weighted by Crippen LogP contribution is -2.27. The van der Waals surface area contributed by atoms with E-state index in [0.717, 1.165) is 28.7 Å². The highest BCUT2D eigenvalue weighted by atomic mass is 32.1. The summed E-state index contributed by atoms with van der Waals surface area (Å²) in [5.41, 5.74) is 0.753. The van der Waals surface area contributed by atoms with Gasteiger partial charge in [0.2, 0.25) is 0 Å². The first kappa shape index (κ1) is 16.5. The Labute approximate surface area is 134 Å². The zero-order valence-corrected chi connectivity index (χ0v) is 13.6. The molecule has 0 saturated carbocycles. The lowest BCUT2D eigenvalue weighted by Gasteiger charge is -2.16. The molecule has 6 heteroatoms. The van der Waals surface area contributed by atoms with Crippen LogP contribution in [0.2, 0.25) is 0 Å². The molecule has 0 aliphatic heterocycles. The zero-order valence-electron chi connectivity index (χ0n) is 12.8. The highest BCUT2D eigenvalue weighted by Gasteiger charge is 2.19. The molecule has 0 amide bonds. The fraction of sp³-hybridized carbons (Fsp3) is 0.375. The van der Waals surface area contributed by atoms with E-state index in [9.17, 15) is 9.90 Å². The first-order chi connectivity index (χ1) is 10.7. The van der Waals surface area contributed by atoms with E-state index in [1.54, 1.807) is 11.3 Å². The average Bonchev–Trinajstić information content (AvgIpc) is 2.98. The van der Waals surface area contributed by atoms with Gasteiger partial charge in [0.25, 0.3) is 0 Å². The predicted molar refractivity (Wildman–Crippen MR) is 89.3 cm³/mol. The monoisotopic (exact) mass is 319 g/mol. The lowest BCUT2D eigenvalue weighted by atomic mass is 10.1. The first-order valence-electron chi connectivity index (χ1n) is 7.36. The lowest BCUT2D eigenvalue weighted by molar-refractivity contribution is -0.139. The van der Waals surface area contributed by atoms with Crippen LogP contribution in [0.15, 0.2) is 36.5 Å². The Balaban J connectivity index is 2.03. The van der Waals surface area contributed by atoms with Crippen LogP contribution in [-0.4, -0.2) is 29.1 Å². The summed E-state index contributed by atoms with van der Waals surface area (Å²) in [5, 5.41) is 13.5. The molecule has 0 spiro atoms. The molecule has 0 saturated heterocycles. The maximum absolute atomic E-state index is 11.4. The van der Waals surface area contributed by atoms with Crippen molar-refractivity contribution in [3.63, 3.8) is 0 Å². The molecule has 0 fully saturated rings. The van der Waals surface area contributed by atoms with Crippen molar-refractivity contribution in [3.05, 3.63) is 47.0 Å². The fourth-order valence-corrected chi connectivity index (χ4v) is 3.20. The summed E-state index contributed by atoms with van der Waals surface area (Å²) in [6.07, 6.45) is 1.81. The van der Waals surface area contributed by atoms with Gasteiger partial charge in [-0.15, -0.1) is 11.3 Å². The molecule has 0 bridgehead atoms. The number of benzene rings is 1. The maximum atomic E-state index is 11.4. The number of aromatic nitrogens is 1. The van der Waals surface area contributed by atoms with Crippen LogP contribution in [0.25, 0.3) is 0 Å². The highest BCUT2D eigenvalue weighted by molar-refractivity contribution is 7.15. The third-order valence-corrected chi connectivity index (χ3v) is 4.49. The zero-order chi connectivity index (χ0) is 15.9. The van der Waals surface area contributed by atoms with Gasteiger partial charge < -0.3 is 10.0 Å². The minimum atomic E-state index is -0.875. The number of nitrogens with zero attached hydrogens (tertiary/aromatic N) is 2. The van der Waals surface area contributed by atoms with Gasteiger partial charge in [0.15, 0.2) is 5.13 Å². The van der Waals surface area contributed by atoms with Crippen LogP contribution in [0, 0.1) is 0 Å². The molecule has 22 heavy (non-hydrogen) atoms. The maximum Gasteiger partial charge on any atom is 0.325 e. The molecule has 1 aromatic heterocycles. The smallest absolute Gasteiger partial charge is 0.325 e. The Kier molecular flexibility index (Phi) is 5.91. The molecule has 2 N–H and O–H groups in total. The van der Waals surface area contributed by atoms with Crippen molar-refractivity contribution < 1.29 is 9.90 Å². The quantitative estimate of drug-likeness (QED) is 0.783. The molecule has 1 heterocycles. The minimum absolute atomic E-state index is 0.491. The Morgan fingerprint density at radius 3 is 2.59 bits per heavy atom. The minimum Gasteiger partial charge on any atom is -0.480 e. The van der Waals surface area contributed by atoms with Crippen molar-refractivity contribution in [2.75, 3.05) is 18.0 Å². The number of rotatable bonds is 8. The Morgan fingerprint density at radius 1 is 1.32 bits per heavy atom. The van der Waals surface area contributed by atoms with Gasteiger partial charge in [-0.2, -0.15) is 0 Å². The molecular formula is C16H21N3O2S. The van der Waals surface area contributed by atoms with E-state index >= 15 is 0 Å². The van der Waals surface area contributed by atoms with Crippen molar-refractivity contribution in [3.8, 4) is 0 Å². The number of aliphatic carboxylic acids is 1. The van der Waals surface area contributed by atoms with Gasteiger partial charge in [-0.25, -0.2) is 4.98 Å². The summed E-state index contributed by atoms with van der Waals surface area (Å²) < 4.78 is 0. The van der Waals surface area contributed by atoms with E-state index in [4.69, 9.17) is 0 Å². The van der Waals surface area contributed by atoms with Crippen molar-refractivity contribution >= 4 is 22.4 Å². The molecule has 2 aromatic rings. The van der Waals surface area contributed by atoms with Crippen LogP contribution >= 0.6 is 11.3 Å². The predicted octanol–water partition coefficient (Wildman–Crippen LogP) is 2.90. The molecule has 1 aromatic carbocycles. The summed E-state index contributed by atoms with van der Waals surface area (Å²) >= 11 is 1.60. The van der Waals surface area contributed by atoms with Crippen LogP contribution in [0.3, 0.4) is 0 Å². The molecule has 118 valence electrons. The number of hydrogen-bond donors (Lipinski definition) is 2. The van der Waals surface area contributed by atoms with Crippen molar-refractivity contribution in [1.29, 1.82) is 0 Å². The number of hydrogen-bond acceptors (Lipinski definition) is 5. The molecule has 1 atom stereocenters. The first-order valence-corrected chi connectivity index (χ1v) is 8.18. The van der Waals surface area contributed by atoms with Gasteiger partial charge in [0.05, 0.1) is 0 Å². The molecule has 2 rings (SSSR count). The molecule has 5 nitrogen and oxygen atoms in total.